The number of carbonyl (C=O) groups excluding carboxylic acids is 1. The Morgan fingerprint density at radius 3 is 2.94 bits per heavy atom. The van der Waals surface area contributed by atoms with Crippen LogP contribution in [0.4, 0.5) is 15.5 Å². The van der Waals surface area contributed by atoms with Crippen molar-refractivity contribution in [2.75, 3.05) is 11.1 Å². The minimum Gasteiger partial charge on any atom is -0.374 e. The van der Waals surface area contributed by atoms with Gasteiger partial charge < -0.3 is 5.73 Å². The predicted molar refractivity (Wildman–Crippen MR) is 58.7 cm³/mol. The predicted octanol–water partition coefficient (Wildman–Crippen LogP) is 1.51. The van der Waals surface area contributed by atoms with E-state index >= 15 is 0 Å². The van der Waals surface area contributed by atoms with Gasteiger partial charge in [-0.1, -0.05) is 6.07 Å². The first kappa shape index (κ1) is 10.5. The number of hydrogen-bond donors (Lipinski definition) is 2. The monoisotopic (exact) mass is 238 g/mol. The van der Waals surface area contributed by atoms with Gasteiger partial charge >= 0.3 is 0 Å². The fourth-order valence-electron chi connectivity index (χ4n) is 1.09. The molecule has 0 aliphatic rings. The molecule has 0 aliphatic heterocycles. The second-order valence-electron chi connectivity index (χ2n) is 2.92. The van der Waals surface area contributed by atoms with Crippen LogP contribution in [0.25, 0.3) is 0 Å². The number of carbonyl (C=O) groups is 1. The maximum atomic E-state index is 12.8. The normalized spacial score (nSPS) is 10.1. The molecule has 3 N–H and O–H groups in total. The molecule has 0 radical (unpaired) electrons. The van der Waals surface area contributed by atoms with Crippen LogP contribution >= 0.6 is 11.5 Å². The van der Waals surface area contributed by atoms with Crippen molar-refractivity contribution in [2.24, 2.45) is 0 Å². The average Bonchev–Trinajstić information content (AvgIpc) is 2.64. The average molecular weight is 238 g/mol. The van der Waals surface area contributed by atoms with Crippen molar-refractivity contribution in [3.8, 4) is 0 Å². The largest absolute Gasteiger partial charge is 0.374 e. The van der Waals surface area contributed by atoms with E-state index in [2.05, 4.69) is 14.7 Å². The Morgan fingerprint density at radius 2 is 2.31 bits per heavy atom. The van der Waals surface area contributed by atoms with Crippen LogP contribution in [0.5, 0.6) is 0 Å². The number of halogens is 1. The van der Waals surface area contributed by atoms with Crippen LogP contribution in [0.2, 0.25) is 0 Å². The summed E-state index contributed by atoms with van der Waals surface area (Å²) in [5.74, 6) is -0.826. The molecule has 0 spiro atoms. The summed E-state index contributed by atoms with van der Waals surface area (Å²) in [6, 6.07) is 5.34. The lowest BCUT2D eigenvalue weighted by Gasteiger charge is -2.00. The van der Waals surface area contributed by atoms with Crippen molar-refractivity contribution in [1.82, 2.24) is 9.36 Å². The smallest absolute Gasteiger partial charge is 0.258 e. The van der Waals surface area contributed by atoms with Gasteiger partial charge in [0.15, 0.2) is 0 Å². The SMILES string of the molecule is Nc1nc(NC(=O)c2cccc(F)c2)ns1. The van der Waals surface area contributed by atoms with Crippen LogP contribution in [0.3, 0.4) is 0 Å². The molecule has 7 heteroatoms. The van der Waals surface area contributed by atoms with Crippen molar-refractivity contribution in [3.05, 3.63) is 35.6 Å². The van der Waals surface area contributed by atoms with E-state index in [-0.39, 0.29) is 16.6 Å². The lowest BCUT2D eigenvalue weighted by molar-refractivity contribution is 0.102. The molecule has 1 amide bonds. The van der Waals surface area contributed by atoms with Gasteiger partial charge in [0.25, 0.3) is 5.91 Å². The minimum atomic E-state index is -0.475. The van der Waals surface area contributed by atoms with Crippen LogP contribution in [-0.2, 0) is 0 Å². The van der Waals surface area contributed by atoms with Crippen LogP contribution < -0.4 is 11.1 Å². The first-order valence-corrected chi connectivity index (χ1v) is 5.08. The van der Waals surface area contributed by atoms with Crippen LogP contribution in [0.1, 0.15) is 10.4 Å². The molecule has 0 fully saturated rings. The van der Waals surface area contributed by atoms with Crippen molar-refractivity contribution in [2.45, 2.75) is 0 Å². The lowest BCUT2D eigenvalue weighted by atomic mass is 10.2. The Labute approximate surface area is 94.3 Å². The van der Waals surface area contributed by atoms with E-state index in [1.807, 2.05) is 0 Å². The molecule has 0 saturated carbocycles. The number of amides is 1. The zero-order valence-electron chi connectivity index (χ0n) is 7.98. The van der Waals surface area contributed by atoms with Gasteiger partial charge in [0.1, 0.15) is 5.82 Å². The quantitative estimate of drug-likeness (QED) is 0.831. The molecular formula is C9H7FN4OS. The van der Waals surface area contributed by atoms with Crippen molar-refractivity contribution < 1.29 is 9.18 Å². The van der Waals surface area contributed by atoms with Crippen LogP contribution in [0, 0.1) is 5.82 Å². The number of nitrogens with one attached hydrogen (secondary N) is 1. The zero-order valence-corrected chi connectivity index (χ0v) is 8.79. The Kier molecular flexibility index (Phi) is 2.78. The summed E-state index contributed by atoms with van der Waals surface area (Å²) < 4.78 is 16.6. The van der Waals surface area contributed by atoms with Crippen LogP contribution in [-0.4, -0.2) is 15.3 Å². The molecule has 0 aliphatic carbocycles. The van der Waals surface area contributed by atoms with Crippen molar-refractivity contribution in [1.29, 1.82) is 0 Å². The first-order chi connectivity index (χ1) is 7.65. The van der Waals surface area contributed by atoms with E-state index in [4.69, 9.17) is 5.73 Å². The highest BCUT2D eigenvalue weighted by molar-refractivity contribution is 7.09. The highest BCUT2D eigenvalue weighted by Crippen LogP contribution is 2.11. The molecule has 5 nitrogen and oxygen atoms in total. The van der Waals surface area contributed by atoms with Crippen LogP contribution in [0.15, 0.2) is 24.3 Å². The molecule has 82 valence electrons. The number of aromatic nitrogens is 2. The molecule has 2 rings (SSSR count). The fraction of sp³-hybridized carbons (Fsp3) is 0. The zero-order chi connectivity index (χ0) is 11.5. The molecule has 0 atom stereocenters. The third kappa shape index (κ3) is 2.31. The van der Waals surface area contributed by atoms with Gasteiger partial charge in [0.2, 0.25) is 11.1 Å². The topological polar surface area (TPSA) is 80.9 Å². The fourth-order valence-corrected chi connectivity index (χ4v) is 1.48. The highest BCUT2D eigenvalue weighted by atomic mass is 32.1. The van der Waals surface area contributed by atoms with E-state index < -0.39 is 11.7 Å². The van der Waals surface area contributed by atoms with Gasteiger partial charge in [-0.15, -0.1) is 0 Å². The third-order valence-corrected chi connectivity index (χ3v) is 2.30. The number of nitrogens with two attached hydrogens (primary N) is 1. The Balaban J connectivity index is 2.14. The number of nitrogens with zero attached hydrogens (tertiary/aromatic N) is 2. The highest BCUT2D eigenvalue weighted by Gasteiger charge is 2.09. The lowest BCUT2D eigenvalue weighted by Crippen LogP contribution is -2.13. The van der Waals surface area contributed by atoms with E-state index in [9.17, 15) is 9.18 Å². The van der Waals surface area contributed by atoms with Gasteiger partial charge in [0.05, 0.1) is 0 Å². The maximum Gasteiger partial charge on any atom is 0.258 e. The number of rotatable bonds is 2. The van der Waals surface area contributed by atoms with Gasteiger partial charge in [-0.3, -0.25) is 10.1 Å². The Bertz CT molecular complexity index is 528. The van der Waals surface area contributed by atoms with Crippen molar-refractivity contribution in [3.63, 3.8) is 0 Å². The minimum absolute atomic E-state index is 0.122. The molecule has 16 heavy (non-hydrogen) atoms. The summed E-state index contributed by atoms with van der Waals surface area (Å²) in [6.07, 6.45) is 0. The second kappa shape index (κ2) is 4.23. The Morgan fingerprint density at radius 1 is 1.50 bits per heavy atom. The van der Waals surface area contributed by atoms with E-state index in [0.29, 0.717) is 0 Å². The van der Waals surface area contributed by atoms with Gasteiger partial charge in [-0.25, -0.2) is 4.39 Å². The molecule has 0 saturated heterocycles. The maximum absolute atomic E-state index is 12.8. The second-order valence-corrected chi connectivity index (χ2v) is 3.70. The van der Waals surface area contributed by atoms with E-state index in [1.165, 1.54) is 18.2 Å². The van der Waals surface area contributed by atoms with Crippen molar-refractivity contribution >= 4 is 28.5 Å². The molecule has 0 unspecified atom stereocenters. The summed E-state index contributed by atoms with van der Waals surface area (Å²) in [5, 5.41) is 2.67. The number of hydrogen-bond acceptors (Lipinski definition) is 5. The van der Waals surface area contributed by atoms with Gasteiger partial charge in [0, 0.05) is 17.1 Å². The van der Waals surface area contributed by atoms with E-state index in [0.717, 1.165) is 17.6 Å². The molecule has 1 aromatic carbocycles. The number of benzene rings is 1. The molecule has 1 aromatic heterocycles. The van der Waals surface area contributed by atoms with Gasteiger partial charge in [-0.2, -0.15) is 9.36 Å². The summed E-state index contributed by atoms with van der Waals surface area (Å²) in [5.41, 5.74) is 5.55. The summed E-state index contributed by atoms with van der Waals surface area (Å²) in [4.78, 5) is 15.3. The van der Waals surface area contributed by atoms with Gasteiger partial charge in [-0.05, 0) is 18.2 Å². The molecular weight excluding hydrogens is 231 g/mol. The Hall–Kier alpha value is -2.02. The summed E-state index contributed by atoms with van der Waals surface area (Å²) >= 11 is 0.973. The first-order valence-electron chi connectivity index (χ1n) is 4.31. The number of nitrogen functional groups attached to an aromatic ring is 1. The summed E-state index contributed by atoms with van der Waals surface area (Å²) in [7, 11) is 0. The summed E-state index contributed by atoms with van der Waals surface area (Å²) in [6.45, 7) is 0. The van der Waals surface area contributed by atoms with E-state index in [1.54, 1.807) is 0 Å². The standard InChI is InChI=1S/C9H7FN4OS/c10-6-3-1-2-5(4-6)7(15)12-9-13-8(11)16-14-9/h1-4H,(H3,11,12,13,14,15). The molecule has 0 bridgehead atoms. The third-order valence-electron chi connectivity index (χ3n) is 1.75. The number of anilines is 2. The molecule has 2 aromatic rings. The molecule has 1 heterocycles.